The van der Waals surface area contributed by atoms with Gasteiger partial charge in [-0.15, -0.1) is 0 Å². The zero-order valence-electron chi connectivity index (χ0n) is 10.7. The van der Waals surface area contributed by atoms with Gasteiger partial charge in [0.25, 0.3) is 0 Å². The summed E-state index contributed by atoms with van der Waals surface area (Å²) >= 11 is 0. The summed E-state index contributed by atoms with van der Waals surface area (Å²) in [7, 11) is 0. The van der Waals surface area contributed by atoms with Gasteiger partial charge >= 0.3 is 0 Å². The van der Waals surface area contributed by atoms with Crippen LogP contribution in [0.25, 0.3) is 0 Å². The predicted octanol–water partition coefficient (Wildman–Crippen LogP) is 0.901. The molecule has 3 N–H and O–H groups in total. The van der Waals surface area contributed by atoms with Crippen molar-refractivity contribution < 1.29 is 9.47 Å². The molecule has 0 spiro atoms. The number of ether oxygens (including phenoxy) is 2. The van der Waals surface area contributed by atoms with Crippen LogP contribution in [0.5, 0.6) is 0 Å². The van der Waals surface area contributed by atoms with Gasteiger partial charge in [0, 0.05) is 26.4 Å². The van der Waals surface area contributed by atoms with Crippen molar-refractivity contribution in [3.8, 4) is 0 Å². The average Bonchev–Trinajstić information content (AvgIpc) is 2.89. The molecule has 1 atom stereocenters. The second kappa shape index (κ2) is 6.69. The summed E-state index contributed by atoms with van der Waals surface area (Å²) in [6, 6.07) is 0. The molecule has 4 nitrogen and oxygen atoms in total. The Labute approximate surface area is 104 Å². The number of hydrogen-bond donors (Lipinski definition) is 2. The molecule has 1 unspecified atom stereocenters. The topological polar surface area (TPSA) is 56.5 Å². The normalized spacial score (nSPS) is 28.4. The third kappa shape index (κ3) is 3.91. The zero-order chi connectivity index (χ0) is 12.0. The number of nitrogens with one attached hydrogen (secondary N) is 1. The summed E-state index contributed by atoms with van der Waals surface area (Å²) in [4.78, 5) is 0. The quantitative estimate of drug-likeness (QED) is 0.680. The van der Waals surface area contributed by atoms with Crippen molar-refractivity contribution in [2.45, 2.75) is 38.2 Å². The highest BCUT2D eigenvalue weighted by atomic mass is 16.5. The highest BCUT2D eigenvalue weighted by Gasteiger charge is 2.30. The first-order chi connectivity index (χ1) is 8.35. The summed E-state index contributed by atoms with van der Waals surface area (Å²) in [6.45, 7) is 5.53. The van der Waals surface area contributed by atoms with Crippen LogP contribution in [0.2, 0.25) is 0 Å². The lowest BCUT2D eigenvalue weighted by molar-refractivity contribution is 0.0187. The zero-order valence-corrected chi connectivity index (χ0v) is 10.7. The number of hydrogen-bond acceptors (Lipinski definition) is 4. The van der Waals surface area contributed by atoms with E-state index in [0.29, 0.717) is 6.10 Å². The van der Waals surface area contributed by atoms with E-state index in [1.165, 1.54) is 12.8 Å². The standard InChI is InChI=1S/C13H26N2O2/c14-10-13(4-8-16-9-5-13)11-15-6-3-12-2-1-7-17-12/h12,15H,1-11,14H2. The molecule has 0 radical (unpaired) electrons. The summed E-state index contributed by atoms with van der Waals surface area (Å²) in [6.07, 6.45) is 6.28. The van der Waals surface area contributed by atoms with Gasteiger partial charge in [0.15, 0.2) is 0 Å². The SMILES string of the molecule is NCC1(CNCCC2CCCO2)CCOCC1. The molecule has 0 aromatic heterocycles. The van der Waals surface area contributed by atoms with Crippen molar-refractivity contribution in [3.63, 3.8) is 0 Å². The molecule has 0 saturated carbocycles. The van der Waals surface area contributed by atoms with Gasteiger partial charge in [-0.3, -0.25) is 0 Å². The fourth-order valence-corrected chi connectivity index (χ4v) is 2.75. The van der Waals surface area contributed by atoms with Gasteiger partial charge in [-0.05, 0) is 50.6 Å². The molecule has 2 aliphatic rings. The van der Waals surface area contributed by atoms with Crippen LogP contribution in [-0.2, 0) is 9.47 Å². The second-order valence-corrected chi connectivity index (χ2v) is 5.42. The Morgan fingerprint density at radius 3 is 2.71 bits per heavy atom. The van der Waals surface area contributed by atoms with Crippen molar-refractivity contribution in [1.29, 1.82) is 0 Å². The monoisotopic (exact) mass is 242 g/mol. The molecule has 0 aliphatic carbocycles. The molecule has 2 aliphatic heterocycles. The smallest absolute Gasteiger partial charge is 0.0588 e. The highest BCUT2D eigenvalue weighted by molar-refractivity contribution is 4.85. The van der Waals surface area contributed by atoms with Crippen LogP contribution in [0.1, 0.15) is 32.1 Å². The second-order valence-electron chi connectivity index (χ2n) is 5.42. The molecular weight excluding hydrogens is 216 g/mol. The lowest BCUT2D eigenvalue weighted by Gasteiger charge is -2.36. The van der Waals surface area contributed by atoms with E-state index >= 15 is 0 Å². The maximum Gasteiger partial charge on any atom is 0.0588 e. The Hall–Kier alpha value is -0.160. The Morgan fingerprint density at radius 2 is 2.06 bits per heavy atom. The first-order valence-electron chi connectivity index (χ1n) is 6.95. The van der Waals surface area contributed by atoms with Crippen molar-refractivity contribution >= 4 is 0 Å². The van der Waals surface area contributed by atoms with Crippen LogP contribution < -0.4 is 11.1 Å². The van der Waals surface area contributed by atoms with E-state index in [9.17, 15) is 0 Å². The Balaban J connectivity index is 1.61. The molecule has 2 rings (SSSR count). The van der Waals surface area contributed by atoms with Crippen molar-refractivity contribution in [2.75, 3.05) is 39.5 Å². The third-order valence-electron chi connectivity index (χ3n) is 4.15. The molecule has 4 heteroatoms. The molecule has 0 aromatic rings. The van der Waals surface area contributed by atoms with E-state index in [1.54, 1.807) is 0 Å². The fraction of sp³-hybridized carbons (Fsp3) is 1.00. The van der Waals surface area contributed by atoms with E-state index in [-0.39, 0.29) is 5.41 Å². The molecule has 0 bridgehead atoms. The van der Waals surface area contributed by atoms with Crippen molar-refractivity contribution in [2.24, 2.45) is 11.1 Å². The molecule has 0 amide bonds. The predicted molar refractivity (Wildman–Crippen MR) is 68.0 cm³/mol. The van der Waals surface area contributed by atoms with Gasteiger partial charge in [-0.2, -0.15) is 0 Å². The fourth-order valence-electron chi connectivity index (χ4n) is 2.75. The van der Waals surface area contributed by atoms with E-state index in [2.05, 4.69) is 5.32 Å². The van der Waals surface area contributed by atoms with Crippen molar-refractivity contribution in [1.82, 2.24) is 5.32 Å². The largest absolute Gasteiger partial charge is 0.381 e. The Kier molecular flexibility index (Phi) is 5.22. The van der Waals surface area contributed by atoms with Gasteiger partial charge < -0.3 is 20.5 Å². The summed E-state index contributed by atoms with van der Waals surface area (Å²) in [5.74, 6) is 0. The number of rotatable bonds is 6. The van der Waals surface area contributed by atoms with Crippen LogP contribution in [0, 0.1) is 5.41 Å². The molecule has 2 fully saturated rings. The summed E-state index contributed by atoms with van der Waals surface area (Å²) in [5, 5.41) is 3.56. The third-order valence-corrected chi connectivity index (χ3v) is 4.15. The van der Waals surface area contributed by atoms with Crippen LogP contribution in [0.15, 0.2) is 0 Å². The Morgan fingerprint density at radius 1 is 1.24 bits per heavy atom. The minimum Gasteiger partial charge on any atom is -0.381 e. The minimum atomic E-state index is 0.273. The lowest BCUT2D eigenvalue weighted by atomic mass is 9.80. The first kappa shape index (κ1) is 13.3. The molecule has 2 heterocycles. The van der Waals surface area contributed by atoms with E-state index in [4.69, 9.17) is 15.2 Å². The summed E-state index contributed by atoms with van der Waals surface area (Å²) in [5.41, 5.74) is 6.19. The van der Waals surface area contributed by atoms with Gasteiger partial charge in [-0.1, -0.05) is 0 Å². The average molecular weight is 242 g/mol. The number of nitrogens with two attached hydrogens (primary N) is 1. The van der Waals surface area contributed by atoms with E-state index < -0.39 is 0 Å². The molecule has 17 heavy (non-hydrogen) atoms. The first-order valence-corrected chi connectivity index (χ1v) is 6.95. The van der Waals surface area contributed by atoms with Crippen LogP contribution in [-0.4, -0.2) is 45.6 Å². The van der Waals surface area contributed by atoms with Crippen LogP contribution in [0.4, 0.5) is 0 Å². The molecule has 100 valence electrons. The van der Waals surface area contributed by atoms with Crippen LogP contribution >= 0.6 is 0 Å². The van der Waals surface area contributed by atoms with Gasteiger partial charge in [0.05, 0.1) is 6.10 Å². The van der Waals surface area contributed by atoms with E-state index in [1.807, 2.05) is 0 Å². The van der Waals surface area contributed by atoms with Crippen molar-refractivity contribution in [3.05, 3.63) is 0 Å². The lowest BCUT2D eigenvalue weighted by Crippen LogP contribution is -2.44. The van der Waals surface area contributed by atoms with Gasteiger partial charge in [0.1, 0.15) is 0 Å². The molecule has 2 saturated heterocycles. The van der Waals surface area contributed by atoms with Crippen LogP contribution in [0.3, 0.4) is 0 Å². The maximum absolute atomic E-state index is 5.92. The molecule has 0 aromatic carbocycles. The minimum absolute atomic E-state index is 0.273. The maximum atomic E-state index is 5.92. The highest BCUT2D eigenvalue weighted by Crippen LogP contribution is 2.28. The van der Waals surface area contributed by atoms with Gasteiger partial charge in [-0.25, -0.2) is 0 Å². The summed E-state index contributed by atoms with van der Waals surface area (Å²) < 4.78 is 11.0. The molecular formula is C13H26N2O2. The Bertz CT molecular complexity index is 211. The van der Waals surface area contributed by atoms with Gasteiger partial charge in [0.2, 0.25) is 0 Å². The van der Waals surface area contributed by atoms with E-state index in [0.717, 1.165) is 58.7 Å².